The highest BCUT2D eigenvalue weighted by molar-refractivity contribution is 6.30. The maximum atomic E-state index is 14.1. The van der Waals surface area contributed by atoms with Gasteiger partial charge in [-0.15, -0.1) is 0 Å². The summed E-state index contributed by atoms with van der Waals surface area (Å²) < 4.78 is 50.1. The number of anilines is 1. The van der Waals surface area contributed by atoms with Crippen LogP contribution in [0.25, 0.3) is 28.1 Å². The van der Waals surface area contributed by atoms with E-state index in [2.05, 4.69) is 9.97 Å². The molecule has 0 spiro atoms. The second-order valence-corrected chi connectivity index (χ2v) is 9.87. The number of hydrogen-bond acceptors (Lipinski definition) is 7. The number of alkyl halides is 1. The van der Waals surface area contributed by atoms with Crippen molar-refractivity contribution < 1.29 is 23.0 Å². The number of nitrogens with zero attached hydrogens (tertiary/aromatic N) is 6. The van der Waals surface area contributed by atoms with Crippen molar-refractivity contribution in [1.29, 1.82) is 0 Å². The highest BCUT2D eigenvalue weighted by Crippen LogP contribution is 2.32. The molecule has 0 saturated carbocycles. The minimum atomic E-state index is -1.57. The molecule has 0 radical (unpaired) electrons. The summed E-state index contributed by atoms with van der Waals surface area (Å²) in [4.78, 5) is 38.2. The molecule has 14 heteroatoms. The van der Waals surface area contributed by atoms with Crippen LogP contribution in [0, 0.1) is 11.6 Å². The van der Waals surface area contributed by atoms with Gasteiger partial charge in [0.1, 0.15) is 46.6 Å². The molecule has 0 bridgehead atoms. The zero-order valence-corrected chi connectivity index (χ0v) is 21.6. The fourth-order valence-electron chi connectivity index (χ4n) is 4.93. The number of pyridine rings is 2. The van der Waals surface area contributed by atoms with Crippen LogP contribution in [0.3, 0.4) is 0 Å². The number of ether oxygens (including phenoxy) is 1. The van der Waals surface area contributed by atoms with E-state index >= 15 is 0 Å². The zero-order chi connectivity index (χ0) is 28.3. The molecule has 1 unspecified atom stereocenters. The quantitative estimate of drug-likeness (QED) is 0.345. The highest BCUT2D eigenvalue weighted by atomic mass is 35.5. The van der Waals surface area contributed by atoms with E-state index in [-0.39, 0.29) is 64.3 Å². The Labute approximate surface area is 228 Å². The van der Waals surface area contributed by atoms with Crippen LogP contribution in [0.5, 0.6) is 5.88 Å². The first-order valence-corrected chi connectivity index (χ1v) is 12.4. The van der Waals surface area contributed by atoms with Crippen molar-refractivity contribution in [3.05, 3.63) is 86.3 Å². The van der Waals surface area contributed by atoms with Crippen LogP contribution in [0.2, 0.25) is 5.02 Å². The molecule has 1 saturated heterocycles. The first-order chi connectivity index (χ1) is 19.1. The molecule has 5 heterocycles. The number of aromatic nitrogens is 5. The summed E-state index contributed by atoms with van der Waals surface area (Å²) >= 11 is 6.05. The van der Waals surface area contributed by atoms with Crippen LogP contribution < -0.4 is 20.9 Å². The van der Waals surface area contributed by atoms with Gasteiger partial charge in [-0.3, -0.25) is 13.8 Å². The molecule has 1 aromatic carbocycles. The Bertz CT molecular complexity index is 1940. The monoisotopic (exact) mass is 572 g/mol. The van der Waals surface area contributed by atoms with Crippen LogP contribution >= 0.6 is 11.6 Å². The number of hydrogen-bond donors (Lipinski definition) is 1. The SMILES string of the molecule is COc1nc(N2CCC(O)(CF)C2)cc2c1c(=O)n(-c1cnc3cc(F)ccn13)c(=O)n2-c1ccc(F)c(Cl)c1. The van der Waals surface area contributed by atoms with E-state index in [0.29, 0.717) is 0 Å². The van der Waals surface area contributed by atoms with Gasteiger partial charge >= 0.3 is 5.69 Å². The van der Waals surface area contributed by atoms with Crippen LogP contribution in [0.15, 0.2) is 58.4 Å². The molecule has 1 aliphatic heterocycles. The summed E-state index contributed by atoms with van der Waals surface area (Å²) in [6.45, 7) is -0.780. The number of methoxy groups -OCH3 is 1. The Hall–Kier alpha value is -4.36. The molecular formula is C26H20ClF3N6O4. The van der Waals surface area contributed by atoms with Crippen molar-refractivity contribution >= 4 is 34.0 Å². The van der Waals surface area contributed by atoms with E-state index in [9.17, 15) is 27.9 Å². The molecule has 206 valence electrons. The fourth-order valence-corrected chi connectivity index (χ4v) is 5.10. The predicted molar refractivity (Wildman–Crippen MR) is 141 cm³/mol. The molecule has 0 aliphatic carbocycles. The summed E-state index contributed by atoms with van der Waals surface area (Å²) in [6.07, 6.45) is 2.70. The lowest BCUT2D eigenvalue weighted by atomic mass is 10.1. The maximum Gasteiger partial charge on any atom is 0.342 e. The lowest BCUT2D eigenvalue weighted by Gasteiger charge is -2.22. The average molecular weight is 573 g/mol. The van der Waals surface area contributed by atoms with Crippen molar-refractivity contribution in [2.45, 2.75) is 12.0 Å². The fraction of sp³-hybridized carbons (Fsp3) is 0.231. The van der Waals surface area contributed by atoms with Crippen LogP contribution in [0.4, 0.5) is 19.0 Å². The third kappa shape index (κ3) is 4.00. The minimum Gasteiger partial charge on any atom is -0.480 e. The number of imidazole rings is 1. The smallest absolute Gasteiger partial charge is 0.342 e. The molecule has 10 nitrogen and oxygen atoms in total. The molecule has 4 aromatic heterocycles. The minimum absolute atomic E-state index is 0.00698. The summed E-state index contributed by atoms with van der Waals surface area (Å²) in [5.74, 6) is -1.20. The van der Waals surface area contributed by atoms with Crippen LogP contribution in [0.1, 0.15) is 6.42 Å². The average Bonchev–Trinajstić information content (AvgIpc) is 3.54. The van der Waals surface area contributed by atoms with Gasteiger partial charge in [-0.05, 0) is 30.7 Å². The number of benzene rings is 1. The Morgan fingerprint density at radius 3 is 2.65 bits per heavy atom. The number of halogens is 4. The Morgan fingerprint density at radius 1 is 1.15 bits per heavy atom. The van der Waals surface area contributed by atoms with E-state index in [4.69, 9.17) is 16.3 Å². The molecule has 5 aromatic rings. The third-order valence-corrected chi connectivity index (χ3v) is 7.23. The topological polar surface area (TPSA) is 107 Å². The summed E-state index contributed by atoms with van der Waals surface area (Å²) in [7, 11) is 1.29. The number of β-amino-alcohol motifs (C(OH)–C–C–N with tert-alkyl or cyclic N) is 1. The summed E-state index contributed by atoms with van der Waals surface area (Å²) in [5, 5.41) is 10.1. The lowest BCUT2D eigenvalue weighted by Crippen LogP contribution is -2.39. The molecule has 1 aliphatic rings. The van der Waals surface area contributed by atoms with Crippen LogP contribution in [-0.4, -0.2) is 61.1 Å². The van der Waals surface area contributed by atoms with Gasteiger partial charge in [0, 0.05) is 24.9 Å². The van der Waals surface area contributed by atoms with Crippen molar-refractivity contribution in [1.82, 2.24) is 23.5 Å². The van der Waals surface area contributed by atoms with Gasteiger partial charge in [-0.25, -0.2) is 27.5 Å². The second-order valence-electron chi connectivity index (χ2n) is 9.46. The van der Waals surface area contributed by atoms with E-state index in [0.717, 1.165) is 27.3 Å². The Balaban J connectivity index is 1.71. The van der Waals surface area contributed by atoms with Gasteiger partial charge < -0.3 is 14.7 Å². The second kappa shape index (κ2) is 9.38. The highest BCUT2D eigenvalue weighted by Gasteiger charge is 2.37. The normalized spacial score (nSPS) is 17.3. The van der Waals surface area contributed by atoms with Gasteiger partial charge in [0.25, 0.3) is 5.56 Å². The first-order valence-electron chi connectivity index (χ1n) is 12.0. The van der Waals surface area contributed by atoms with Crippen molar-refractivity contribution in [3.63, 3.8) is 0 Å². The Kier molecular flexibility index (Phi) is 6.07. The first kappa shape index (κ1) is 25.9. The van der Waals surface area contributed by atoms with Gasteiger partial charge in [0.05, 0.1) is 36.1 Å². The van der Waals surface area contributed by atoms with Gasteiger partial charge in [-0.1, -0.05) is 11.6 Å². The zero-order valence-electron chi connectivity index (χ0n) is 20.8. The molecule has 40 heavy (non-hydrogen) atoms. The number of rotatable bonds is 5. The molecule has 0 amide bonds. The van der Waals surface area contributed by atoms with Crippen LogP contribution in [-0.2, 0) is 0 Å². The van der Waals surface area contributed by atoms with Gasteiger partial charge in [-0.2, -0.15) is 4.98 Å². The number of fused-ring (bicyclic) bond motifs is 2. The van der Waals surface area contributed by atoms with E-state index in [1.165, 1.54) is 42.1 Å². The van der Waals surface area contributed by atoms with E-state index in [1.54, 1.807) is 4.90 Å². The van der Waals surface area contributed by atoms with Crippen molar-refractivity contribution in [2.75, 3.05) is 31.8 Å². The lowest BCUT2D eigenvalue weighted by molar-refractivity contribution is 0.0366. The van der Waals surface area contributed by atoms with Gasteiger partial charge in [0.15, 0.2) is 0 Å². The predicted octanol–water partition coefficient (Wildman–Crippen LogP) is 3.04. The van der Waals surface area contributed by atoms with Gasteiger partial charge in [0.2, 0.25) is 5.88 Å². The molecular weight excluding hydrogens is 553 g/mol. The standard InChI is InChI=1S/C26H20ClF3N6O4/c1-40-23-22-18(10-20(32-23)33-7-5-26(39,12-28)13-33)35(15-2-3-17(30)16(27)9-15)25(38)36(24(22)37)21-11-31-19-8-14(29)4-6-34(19)21/h2-4,6,8-11,39H,5,7,12-13H2,1H3. The molecule has 1 atom stereocenters. The van der Waals surface area contributed by atoms with E-state index < -0.39 is 35.2 Å². The maximum absolute atomic E-state index is 14.1. The number of aliphatic hydroxyl groups is 1. The largest absolute Gasteiger partial charge is 0.480 e. The summed E-state index contributed by atoms with van der Waals surface area (Å²) in [6, 6.07) is 7.33. The molecule has 1 N–H and O–H groups in total. The van der Waals surface area contributed by atoms with Crippen molar-refractivity contribution in [2.24, 2.45) is 0 Å². The molecule has 6 rings (SSSR count). The third-order valence-electron chi connectivity index (χ3n) is 6.94. The molecule has 1 fully saturated rings. The van der Waals surface area contributed by atoms with E-state index in [1.807, 2.05) is 0 Å². The Morgan fingerprint density at radius 2 is 1.95 bits per heavy atom. The van der Waals surface area contributed by atoms with Crippen molar-refractivity contribution in [3.8, 4) is 17.4 Å². The summed E-state index contributed by atoms with van der Waals surface area (Å²) in [5.41, 5.74) is -2.94.